The highest BCUT2D eigenvalue weighted by molar-refractivity contribution is 7.99. The molecule has 1 fully saturated rings. The number of aliphatic carboxylic acids is 1. The van der Waals surface area contributed by atoms with Crippen LogP contribution in [0.4, 0.5) is 0 Å². The third-order valence-electron chi connectivity index (χ3n) is 7.44. The first-order chi connectivity index (χ1) is 21.0. The number of aliphatic hydroxyl groups is 2. The van der Waals surface area contributed by atoms with Crippen LogP contribution in [0.25, 0.3) is 11.1 Å². The number of carbonyl (C=O) groups excluding carboxylic acids is 1. The van der Waals surface area contributed by atoms with Gasteiger partial charge in [0.15, 0.2) is 6.29 Å². The first kappa shape index (κ1) is 32.7. The lowest BCUT2D eigenvalue weighted by Gasteiger charge is -2.36. The van der Waals surface area contributed by atoms with E-state index in [4.69, 9.17) is 14.6 Å². The van der Waals surface area contributed by atoms with Gasteiger partial charge in [-0.2, -0.15) is 11.8 Å². The van der Waals surface area contributed by atoms with Crippen LogP contribution in [0.2, 0.25) is 0 Å². The van der Waals surface area contributed by atoms with Crippen LogP contribution < -0.4 is 5.32 Å². The number of hydrogen-bond donors (Lipinski definition) is 4. The van der Waals surface area contributed by atoms with Crippen LogP contribution in [-0.2, 0) is 32.2 Å². The van der Waals surface area contributed by atoms with Gasteiger partial charge in [-0.3, -0.25) is 9.59 Å². The molecule has 9 heteroatoms. The average Bonchev–Trinajstić information content (AvgIpc) is 3.04. The van der Waals surface area contributed by atoms with Crippen molar-refractivity contribution in [1.29, 1.82) is 0 Å². The molecule has 43 heavy (non-hydrogen) atoms. The summed E-state index contributed by atoms with van der Waals surface area (Å²) in [6.45, 7) is 0.533. The molecule has 1 aliphatic heterocycles. The predicted molar refractivity (Wildman–Crippen MR) is 167 cm³/mol. The summed E-state index contributed by atoms with van der Waals surface area (Å²) in [5.74, 6) is 0.562. The number of carbonyl (C=O) groups is 2. The number of nitrogens with one attached hydrogen (secondary N) is 1. The maximum atomic E-state index is 12.4. The van der Waals surface area contributed by atoms with E-state index >= 15 is 0 Å². The molecule has 1 amide bonds. The van der Waals surface area contributed by atoms with Gasteiger partial charge in [-0.1, -0.05) is 79.2 Å². The van der Waals surface area contributed by atoms with E-state index < -0.39 is 12.3 Å². The summed E-state index contributed by atoms with van der Waals surface area (Å²) in [5.41, 5.74) is 5.85. The molecule has 8 nitrogen and oxygen atoms in total. The number of ether oxygens (including phenoxy) is 2. The second-order valence-corrected chi connectivity index (χ2v) is 11.8. The Hall–Kier alpha value is -3.21. The number of carboxylic acid groups (broad SMARTS) is 1. The van der Waals surface area contributed by atoms with Crippen molar-refractivity contribution in [2.24, 2.45) is 0 Å². The van der Waals surface area contributed by atoms with E-state index in [1.54, 1.807) is 11.8 Å². The summed E-state index contributed by atoms with van der Waals surface area (Å²) in [4.78, 5) is 23.0. The minimum absolute atomic E-state index is 0.00397. The molecule has 0 aliphatic carbocycles. The standard InChI is InChI=1S/C34H41NO7S/c36-18-19-43-23-29-20-31(26-12-10-24(22-37)11-13-26)42-34(41-29)27-16-14-25(15-17-27)30-7-5-4-6-28(30)21-35-32(38)8-2-1-3-9-33(39)40/h4-7,10-17,29,31,34,36-37H,1-3,8-9,18-23H2,(H,35,38)(H,39,40)/t29-,31+,34+/m1/s1. The number of amides is 1. The quantitative estimate of drug-likeness (QED) is 0.151. The number of hydrogen-bond acceptors (Lipinski definition) is 7. The fourth-order valence-corrected chi connectivity index (χ4v) is 5.87. The lowest BCUT2D eigenvalue weighted by Crippen LogP contribution is -2.31. The first-order valence-corrected chi connectivity index (χ1v) is 16.0. The maximum Gasteiger partial charge on any atom is 0.303 e. The van der Waals surface area contributed by atoms with Crippen molar-refractivity contribution in [3.63, 3.8) is 0 Å². The number of aliphatic hydroxyl groups excluding tert-OH is 2. The lowest BCUT2D eigenvalue weighted by molar-refractivity contribution is -0.245. The van der Waals surface area contributed by atoms with Gasteiger partial charge in [0.05, 0.1) is 25.4 Å². The Balaban J connectivity index is 1.41. The molecule has 3 aromatic rings. The highest BCUT2D eigenvalue weighted by Gasteiger charge is 2.32. The number of rotatable bonds is 16. The Bertz CT molecular complexity index is 1300. The SMILES string of the molecule is O=C(O)CCCCCC(=O)NCc1ccccc1-c1ccc([C@H]2O[C@@H](CSCCO)C[C@@H](c3ccc(CO)cc3)O2)cc1. The van der Waals surface area contributed by atoms with Crippen LogP contribution in [0.15, 0.2) is 72.8 Å². The highest BCUT2D eigenvalue weighted by atomic mass is 32.2. The fourth-order valence-electron chi connectivity index (χ4n) is 5.10. The van der Waals surface area contributed by atoms with Gasteiger partial charge in [-0.15, -0.1) is 0 Å². The van der Waals surface area contributed by atoms with Gasteiger partial charge in [-0.05, 0) is 40.7 Å². The van der Waals surface area contributed by atoms with Crippen molar-refractivity contribution < 1.29 is 34.4 Å². The van der Waals surface area contributed by atoms with Crippen LogP contribution in [0, 0.1) is 0 Å². The second-order valence-electron chi connectivity index (χ2n) is 10.7. The number of unbranched alkanes of at least 4 members (excludes halogenated alkanes) is 2. The molecule has 1 heterocycles. The van der Waals surface area contributed by atoms with Crippen molar-refractivity contribution in [3.8, 4) is 11.1 Å². The summed E-state index contributed by atoms with van der Waals surface area (Å²) < 4.78 is 12.8. The van der Waals surface area contributed by atoms with Gasteiger partial charge < -0.3 is 30.1 Å². The van der Waals surface area contributed by atoms with Gasteiger partial charge in [0.25, 0.3) is 0 Å². The minimum Gasteiger partial charge on any atom is -0.481 e. The van der Waals surface area contributed by atoms with Crippen LogP contribution in [0.5, 0.6) is 0 Å². The monoisotopic (exact) mass is 607 g/mol. The molecular weight excluding hydrogens is 566 g/mol. The third-order valence-corrected chi connectivity index (χ3v) is 8.51. The molecule has 0 unspecified atom stereocenters. The van der Waals surface area contributed by atoms with Gasteiger partial charge >= 0.3 is 5.97 Å². The zero-order chi connectivity index (χ0) is 30.4. The molecule has 230 valence electrons. The average molecular weight is 608 g/mol. The summed E-state index contributed by atoms with van der Waals surface area (Å²) in [6, 6.07) is 23.9. The summed E-state index contributed by atoms with van der Waals surface area (Å²) in [7, 11) is 0. The Morgan fingerprint density at radius 1 is 0.860 bits per heavy atom. The normalized spacial score (nSPS) is 18.3. The van der Waals surface area contributed by atoms with E-state index in [2.05, 4.69) is 5.32 Å². The molecule has 0 radical (unpaired) electrons. The molecule has 1 aliphatic rings. The van der Waals surface area contributed by atoms with E-state index in [-0.39, 0.29) is 37.7 Å². The van der Waals surface area contributed by atoms with E-state index in [1.807, 2.05) is 72.8 Å². The van der Waals surface area contributed by atoms with Crippen molar-refractivity contribution in [1.82, 2.24) is 5.32 Å². The largest absolute Gasteiger partial charge is 0.481 e. The van der Waals surface area contributed by atoms with E-state index in [1.165, 1.54) is 0 Å². The molecule has 0 bridgehead atoms. The van der Waals surface area contributed by atoms with Crippen molar-refractivity contribution >= 4 is 23.6 Å². The first-order valence-electron chi connectivity index (χ1n) is 14.8. The molecule has 0 saturated carbocycles. The highest BCUT2D eigenvalue weighted by Crippen LogP contribution is 2.39. The van der Waals surface area contributed by atoms with Crippen molar-refractivity contribution in [3.05, 3.63) is 95.1 Å². The topological polar surface area (TPSA) is 125 Å². The van der Waals surface area contributed by atoms with Crippen molar-refractivity contribution in [2.45, 2.75) is 70.2 Å². The van der Waals surface area contributed by atoms with Gasteiger partial charge in [0, 0.05) is 42.9 Å². The second kappa shape index (κ2) is 17.2. The van der Waals surface area contributed by atoms with E-state index in [0.717, 1.165) is 45.6 Å². The zero-order valence-corrected chi connectivity index (χ0v) is 25.1. The van der Waals surface area contributed by atoms with Crippen LogP contribution in [0.1, 0.15) is 73.2 Å². The van der Waals surface area contributed by atoms with Gasteiger partial charge in [0.1, 0.15) is 0 Å². The van der Waals surface area contributed by atoms with E-state index in [0.29, 0.717) is 38.0 Å². The summed E-state index contributed by atoms with van der Waals surface area (Å²) in [6.07, 6.45) is 2.44. The molecule has 0 aromatic heterocycles. The number of benzene rings is 3. The van der Waals surface area contributed by atoms with Crippen LogP contribution in [-0.4, -0.2) is 51.4 Å². The lowest BCUT2D eigenvalue weighted by atomic mass is 9.97. The Labute approximate surface area is 257 Å². The minimum atomic E-state index is -0.806. The maximum absolute atomic E-state index is 12.4. The zero-order valence-electron chi connectivity index (χ0n) is 24.3. The van der Waals surface area contributed by atoms with Gasteiger partial charge in [0.2, 0.25) is 5.91 Å². The Morgan fingerprint density at radius 3 is 2.30 bits per heavy atom. The summed E-state index contributed by atoms with van der Waals surface area (Å²) in [5, 5.41) is 30.4. The Kier molecular flexibility index (Phi) is 13.1. The molecule has 4 rings (SSSR count). The van der Waals surface area contributed by atoms with Crippen molar-refractivity contribution in [2.75, 3.05) is 18.1 Å². The smallest absolute Gasteiger partial charge is 0.303 e. The van der Waals surface area contributed by atoms with Gasteiger partial charge in [-0.25, -0.2) is 0 Å². The third kappa shape index (κ3) is 10.2. The fraction of sp³-hybridized carbons (Fsp3) is 0.412. The number of carboxylic acids is 1. The molecule has 3 aromatic carbocycles. The van der Waals surface area contributed by atoms with E-state index in [9.17, 15) is 19.8 Å². The van der Waals surface area contributed by atoms with Crippen LogP contribution in [0.3, 0.4) is 0 Å². The molecule has 1 saturated heterocycles. The molecule has 4 N–H and O–H groups in total. The molecule has 0 spiro atoms. The predicted octanol–water partition coefficient (Wildman–Crippen LogP) is 5.77. The Morgan fingerprint density at radius 2 is 1.58 bits per heavy atom. The number of thioether (sulfide) groups is 1. The molecular formula is C34H41NO7S. The summed E-state index contributed by atoms with van der Waals surface area (Å²) >= 11 is 1.66. The van der Waals surface area contributed by atoms with Crippen LogP contribution >= 0.6 is 11.8 Å². The molecule has 3 atom stereocenters.